The standard InChI is InChI=1S/C11H15BrN4S/c1-8(17-2)3-4-13-10-11-14-5-6-16(11)7-9(12)15-10/h5-8H,3-4H2,1-2H3,(H,13,15). The minimum atomic E-state index is 0.658. The highest BCUT2D eigenvalue weighted by Gasteiger charge is 2.06. The first kappa shape index (κ1) is 12.7. The van der Waals surface area contributed by atoms with Crippen molar-refractivity contribution in [3.05, 3.63) is 23.2 Å². The minimum Gasteiger partial charge on any atom is -0.367 e. The first-order chi connectivity index (χ1) is 8.20. The van der Waals surface area contributed by atoms with E-state index in [1.807, 2.05) is 28.6 Å². The molecule has 0 fully saturated rings. The zero-order chi connectivity index (χ0) is 12.3. The van der Waals surface area contributed by atoms with Gasteiger partial charge >= 0.3 is 0 Å². The van der Waals surface area contributed by atoms with Gasteiger partial charge in [-0.3, -0.25) is 0 Å². The van der Waals surface area contributed by atoms with Crippen LogP contribution in [0, 0.1) is 0 Å². The molecule has 2 heterocycles. The highest BCUT2D eigenvalue weighted by atomic mass is 79.9. The fraction of sp³-hybridized carbons (Fsp3) is 0.455. The number of fused-ring (bicyclic) bond motifs is 1. The van der Waals surface area contributed by atoms with Crippen LogP contribution in [-0.4, -0.2) is 32.4 Å². The second-order valence-electron chi connectivity index (χ2n) is 3.83. The Morgan fingerprint density at radius 2 is 2.41 bits per heavy atom. The van der Waals surface area contributed by atoms with E-state index in [9.17, 15) is 0 Å². The van der Waals surface area contributed by atoms with E-state index in [1.54, 1.807) is 6.20 Å². The van der Waals surface area contributed by atoms with Crippen LogP contribution in [-0.2, 0) is 0 Å². The summed E-state index contributed by atoms with van der Waals surface area (Å²) < 4.78 is 2.76. The lowest BCUT2D eigenvalue weighted by Gasteiger charge is -2.10. The van der Waals surface area contributed by atoms with Gasteiger partial charge in [-0.2, -0.15) is 11.8 Å². The Morgan fingerprint density at radius 1 is 1.59 bits per heavy atom. The number of hydrogen-bond acceptors (Lipinski definition) is 4. The van der Waals surface area contributed by atoms with Gasteiger partial charge < -0.3 is 9.72 Å². The molecule has 0 aliphatic carbocycles. The van der Waals surface area contributed by atoms with Gasteiger partial charge in [-0.25, -0.2) is 9.97 Å². The van der Waals surface area contributed by atoms with Crippen molar-refractivity contribution in [3.8, 4) is 0 Å². The largest absolute Gasteiger partial charge is 0.367 e. The summed E-state index contributed by atoms with van der Waals surface area (Å²) in [6, 6.07) is 0. The van der Waals surface area contributed by atoms with Gasteiger partial charge in [-0.1, -0.05) is 6.92 Å². The van der Waals surface area contributed by atoms with E-state index < -0.39 is 0 Å². The second-order valence-corrected chi connectivity index (χ2v) is 5.92. The lowest BCUT2D eigenvalue weighted by molar-refractivity contribution is 0.849. The van der Waals surface area contributed by atoms with E-state index in [0.29, 0.717) is 5.25 Å². The second kappa shape index (κ2) is 5.73. The predicted octanol–water partition coefficient (Wildman–Crippen LogP) is 3.05. The molecule has 1 unspecified atom stereocenters. The van der Waals surface area contributed by atoms with Crippen LogP contribution < -0.4 is 5.32 Å². The molecule has 2 aromatic heterocycles. The molecule has 0 saturated heterocycles. The fourth-order valence-electron chi connectivity index (χ4n) is 1.53. The molecule has 2 aromatic rings. The van der Waals surface area contributed by atoms with Crippen LogP contribution in [0.3, 0.4) is 0 Å². The highest BCUT2D eigenvalue weighted by Crippen LogP contribution is 2.17. The maximum atomic E-state index is 4.41. The van der Waals surface area contributed by atoms with Gasteiger partial charge in [0, 0.05) is 30.4 Å². The molecule has 0 aliphatic heterocycles. The van der Waals surface area contributed by atoms with Crippen LogP contribution >= 0.6 is 27.7 Å². The zero-order valence-electron chi connectivity index (χ0n) is 9.85. The Labute approximate surface area is 113 Å². The molecule has 0 spiro atoms. The third-order valence-electron chi connectivity index (χ3n) is 2.59. The van der Waals surface area contributed by atoms with Crippen molar-refractivity contribution < 1.29 is 0 Å². The van der Waals surface area contributed by atoms with Crippen molar-refractivity contribution in [1.29, 1.82) is 0 Å². The number of hydrogen-bond donors (Lipinski definition) is 1. The average Bonchev–Trinajstić information content (AvgIpc) is 2.76. The molecular weight excluding hydrogens is 300 g/mol. The predicted molar refractivity (Wildman–Crippen MR) is 76.8 cm³/mol. The summed E-state index contributed by atoms with van der Waals surface area (Å²) in [4.78, 5) is 8.70. The maximum absolute atomic E-state index is 4.41. The topological polar surface area (TPSA) is 42.2 Å². The molecule has 0 bridgehead atoms. The molecule has 0 saturated carbocycles. The monoisotopic (exact) mass is 314 g/mol. The quantitative estimate of drug-likeness (QED) is 0.921. The van der Waals surface area contributed by atoms with Crippen LogP contribution in [0.25, 0.3) is 5.65 Å². The van der Waals surface area contributed by atoms with E-state index in [4.69, 9.17) is 0 Å². The summed E-state index contributed by atoms with van der Waals surface area (Å²) in [7, 11) is 0. The molecule has 2 rings (SSSR count). The van der Waals surface area contributed by atoms with Gasteiger partial charge in [-0.15, -0.1) is 0 Å². The number of thioether (sulfide) groups is 1. The van der Waals surface area contributed by atoms with Crippen LogP contribution in [0.2, 0.25) is 0 Å². The van der Waals surface area contributed by atoms with Crippen LogP contribution in [0.15, 0.2) is 23.2 Å². The van der Waals surface area contributed by atoms with Gasteiger partial charge in [0.15, 0.2) is 11.5 Å². The first-order valence-electron chi connectivity index (χ1n) is 5.46. The lowest BCUT2D eigenvalue weighted by atomic mass is 10.3. The van der Waals surface area contributed by atoms with Crippen LogP contribution in [0.1, 0.15) is 13.3 Å². The molecule has 1 N–H and O–H groups in total. The van der Waals surface area contributed by atoms with E-state index in [0.717, 1.165) is 29.0 Å². The lowest BCUT2D eigenvalue weighted by Crippen LogP contribution is -2.10. The molecule has 0 amide bonds. The Balaban J connectivity index is 2.09. The molecule has 4 nitrogen and oxygen atoms in total. The molecule has 6 heteroatoms. The number of anilines is 1. The highest BCUT2D eigenvalue weighted by molar-refractivity contribution is 9.10. The van der Waals surface area contributed by atoms with Crippen molar-refractivity contribution >= 4 is 39.2 Å². The number of imidazole rings is 1. The molecule has 17 heavy (non-hydrogen) atoms. The van der Waals surface area contributed by atoms with Gasteiger partial charge in [0.25, 0.3) is 0 Å². The zero-order valence-corrected chi connectivity index (χ0v) is 12.3. The molecule has 92 valence electrons. The Bertz CT molecular complexity index is 499. The summed E-state index contributed by atoms with van der Waals surface area (Å²) in [5.41, 5.74) is 0.866. The Kier molecular flexibility index (Phi) is 4.28. The van der Waals surface area contributed by atoms with E-state index in [1.165, 1.54) is 0 Å². The van der Waals surface area contributed by atoms with Crippen molar-refractivity contribution in [2.75, 3.05) is 18.1 Å². The van der Waals surface area contributed by atoms with Gasteiger partial charge in [-0.05, 0) is 28.6 Å². The summed E-state index contributed by atoms with van der Waals surface area (Å²) in [5.74, 6) is 0.831. The summed E-state index contributed by atoms with van der Waals surface area (Å²) in [6.45, 7) is 3.14. The number of nitrogens with zero attached hydrogens (tertiary/aromatic N) is 3. The first-order valence-corrected chi connectivity index (χ1v) is 7.54. The van der Waals surface area contributed by atoms with Crippen LogP contribution in [0.5, 0.6) is 0 Å². The smallest absolute Gasteiger partial charge is 0.180 e. The van der Waals surface area contributed by atoms with Gasteiger partial charge in [0.05, 0.1) is 0 Å². The van der Waals surface area contributed by atoms with E-state index in [2.05, 4.69) is 44.4 Å². The van der Waals surface area contributed by atoms with Gasteiger partial charge in [0.2, 0.25) is 0 Å². The van der Waals surface area contributed by atoms with Crippen molar-refractivity contribution in [2.24, 2.45) is 0 Å². The number of halogens is 1. The van der Waals surface area contributed by atoms with E-state index >= 15 is 0 Å². The molecule has 1 atom stereocenters. The third kappa shape index (κ3) is 3.13. The minimum absolute atomic E-state index is 0.658. The molecule has 0 radical (unpaired) electrons. The number of nitrogens with one attached hydrogen (secondary N) is 1. The Morgan fingerprint density at radius 3 is 3.18 bits per heavy atom. The summed E-state index contributed by atoms with van der Waals surface area (Å²) in [5, 5.41) is 4.00. The third-order valence-corrected chi connectivity index (χ3v) is 4.01. The van der Waals surface area contributed by atoms with Crippen LogP contribution in [0.4, 0.5) is 5.82 Å². The van der Waals surface area contributed by atoms with Crippen molar-refractivity contribution in [3.63, 3.8) is 0 Å². The molecule has 0 aliphatic rings. The van der Waals surface area contributed by atoms with Crippen molar-refractivity contribution in [2.45, 2.75) is 18.6 Å². The number of rotatable bonds is 5. The van der Waals surface area contributed by atoms with Crippen molar-refractivity contribution in [1.82, 2.24) is 14.4 Å². The molecule has 0 aromatic carbocycles. The fourth-order valence-corrected chi connectivity index (χ4v) is 2.28. The Hall–Kier alpha value is -0.750. The van der Waals surface area contributed by atoms with Gasteiger partial charge in [0.1, 0.15) is 4.60 Å². The summed E-state index contributed by atoms with van der Waals surface area (Å²) >= 11 is 5.28. The molecular formula is C11H15BrN4S. The van der Waals surface area contributed by atoms with E-state index in [-0.39, 0.29) is 0 Å². The maximum Gasteiger partial charge on any atom is 0.180 e. The normalized spacial score (nSPS) is 12.9. The summed E-state index contributed by atoms with van der Waals surface area (Å²) in [6.07, 6.45) is 8.84. The SMILES string of the molecule is CSC(C)CCNc1nc(Br)cn2ccnc12. The number of aromatic nitrogens is 3. The average molecular weight is 315 g/mol.